The van der Waals surface area contributed by atoms with E-state index < -0.39 is 0 Å². The number of unbranched alkanes of at least 4 members (excludes halogenated alkanes) is 3. The molecule has 5 heteroatoms. The highest BCUT2D eigenvalue weighted by Crippen LogP contribution is 2.23. The summed E-state index contributed by atoms with van der Waals surface area (Å²) in [6.07, 6.45) is 8.14. The highest BCUT2D eigenvalue weighted by atomic mass is 32.2. The zero-order chi connectivity index (χ0) is 15.0. The number of hydrogen-bond donors (Lipinski definition) is 0. The molecule has 4 nitrogen and oxygen atoms in total. The van der Waals surface area contributed by atoms with E-state index in [1.165, 1.54) is 16.7 Å². The Kier molecular flexibility index (Phi) is 7.88. The molecule has 1 heterocycles. The standard InChI is InChI=1S/C15H25NO3S/c1-3-4-8-12(17)9-6-5-7-10-16-14(18)11-13(20-2)15(16)19/h13H,3-11H2,1-2H3. The minimum absolute atomic E-state index is 0.0403. The van der Waals surface area contributed by atoms with Gasteiger partial charge in [-0.15, -0.1) is 0 Å². The monoisotopic (exact) mass is 299 g/mol. The second-order valence-electron chi connectivity index (χ2n) is 5.26. The summed E-state index contributed by atoms with van der Waals surface area (Å²) in [7, 11) is 0. The molecule has 1 atom stereocenters. The van der Waals surface area contributed by atoms with Crippen LogP contribution in [0.1, 0.15) is 58.3 Å². The third-order valence-corrected chi connectivity index (χ3v) is 4.57. The molecule has 1 aliphatic rings. The van der Waals surface area contributed by atoms with Gasteiger partial charge < -0.3 is 0 Å². The van der Waals surface area contributed by atoms with Crippen molar-refractivity contribution in [1.29, 1.82) is 0 Å². The minimum atomic E-state index is -0.182. The van der Waals surface area contributed by atoms with Crippen LogP contribution in [0.25, 0.3) is 0 Å². The molecule has 1 unspecified atom stereocenters. The van der Waals surface area contributed by atoms with E-state index >= 15 is 0 Å². The fraction of sp³-hybridized carbons (Fsp3) is 0.800. The smallest absolute Gasteiger partial charge is 0.242 e. The summed E-state index contributed by atoms with van der Waals surface area (Å²) < 4.78 is 0. The number of likely N-dealkylation sites (tertiary alicyclic amines) is 1. The molecule has 0 radical (unpaired) electrons. The van der Waals surface area contributed by atoms with Crippen LogP contribution in [0.5, 0.6) is 0 Å². The SMILES string of the molecule is CCCCC(=O)CCCCCN1C(=O)CC(SC)C1=O. The van der Waals surface area contributed by atoms with E-state index in [2.05, 4.69) is 6.92 Å². The number of carbonyl (C=O) groups is 3. The lowest BCUT2D eigenvalue weighted by atomic mass is 10.1. The van der Waals surface area contributed by atoms with Crippen LogP contribution in [-0.4, -0.2) is 40.5 Å². The van der Waals surface area contributed by atoms with E-state index in [4.69, 9.17) is 0 Å². The van der Waals surface area contributed by atoms with Crippen LogP contribution >= 0.6 is 11.8 Å². The topological polar surface area (TPSA) is 54.5 Å². The summed E-state index contributed by atoms with van der Waals surface area (Å²) in [6, 6.07) is 0. The summed E-state index contributed by atoms with van der Waals surface area (Å²) in [5, 5.41) is -0.182. The lowest BCUT2D eigenvalue weighted by molar-refractivity contribution is -0.138. The molecule has 0 bridgehead atoms. The number of amides is 2. The molecule has 20 heavy (non-hydrogen) atoms. The molecule has 1 fully saturated rings. The van der Waals surface area contributed by atoms with Gasteiger partial charge in [0.1, 0.15) is 5.78 Å². The van der Waals surface area contributed by atoms with Crippen molar-refractivity contribution < 1.29 is 14.4 Å². The van der Waals surface area contributed by atoms with Crippen LogP contribution in [0.2, 0.25) is 0 Å². The van der Waals surface area contributed by atoms with Crippen LogP contribution in [0.3, 0.4) is 0 Å². The molecule has 1 rings (SSSR count). The number of ketones is 1. The van der Waals surface area contributed by atoms with E-state index in [-0.39, 0.29) is 17.1 Å². The van der Waals surface area contributed by atoms with E-state index in [9.17, 15) is 14.4 Å². The van der Waals surface area contributed by atoms with E-state index in [0.29, 0.717) is 31.6 Å². The number of Topliss-reactive ketones (excluding diaryl/α,β-unsaturated/α-hetero) is 1. The van der Waals surface area contributed by atoms with Crippen molar-refractivity contribution in [1.82, 2.24) is 4.90 Å². The van der Waals surface area contributed by atoms with Crippen molar-refractivity contribution >= 4 is 29.4 Å². The first kappa shape index (κ1) is 17.2. The first-order chi connectivity index (χ1) is 9.60. The van der Waals surface area contributed by atoms with Gasteiger partial charge in [0, 0.05) is 25.8 Å². The summed E-state index contributed by atoms with van der Waals surface area (Å²) >= 11 is 1.45. The molecule has 0 spiro atoms. The van der Waals surface area contributed by atoms with Crippen LogP contribution in [0.15, 0.2) is 0 Å². The second-order valence-corrected chi connectivity index (χ2v) is 6.31. The Morgan fingerprint density at radius 1 is 1.20 bits per heavy atom. The van der Waals surface area contributed by atoms with Gasteiger partial charge in [-0.3, -0.25) is 19.3 Å². The minimum Gasteiger partial charge on any atom is -0.300 e. The maximum absolute atomic E-state index is 11.9. The number of carbonyl (C=O) groups excluding carboxylic acids is 3. The number of rotatable bonds is 10. The molecular weight excluding hydrogens is 274 g/mol. The molecule has 0 aromatic heterocycles. The summed E-state index contributed by atoms with van der Waals surface area (Å²) in [5.41, 5.74) is 0. The zero-order valence-corrected chi connectivity index (χ0v) is 13.3. The van der Waals surface area contributed by atoms with Crippen molar-refractivity contribution in [3.63, 3.8) is 0 Å². The van der Waals surface area contributed by atoms with Gasteiger partial charge in [-0.05, 0) is 25.5 Å². The van der Waals surface area contributed by atoms with Crippen LogP contribution < -0.4 is 0 Å². The van der Waals surface area contributed by atoms with Crippen molar-refractivity contribution in [3.05, 3.63) is 0 Å². The maximum Gasteiger partial charge on any atom is 0.242 e. The Morgan fingerprint density at radius 2 is 1.90 bits per heavy atom. The fourth-order valence-electron chi connectivity index (χ4n) is 2.34. The van der Waals surface area contributed by atoms with Gasteiger partial charge in [0.2, 0.25) is 11.8 Å². The van der Waals surface area contributed by atoms with Gasteiger partial charge in [-0.25, -0.2) is 0 Å². The maximum atomic E-state index is 11.9. The molecule has 1 aliphatic heterocycles. The summed E-state index contributed by atoms with van der Waals surface area (Å²) in [6.45, 7) is 2.59. The third kappa shape index (κ3) is 5.27. The van der Waals surface area contributed by atoms with Gasteiger partial charge in [0.25, 0.3) is 0 Å². The third-order valence-electron chi connectivity index (χ3n) is 3.63. The van der Waals surface area contributed by atoms with Gasteiger partial charge in [-0.1, -0.05) is 19.8 Å². The summed E-state index contributed by atoms with van der Waals surface area (Å²) in [4.78, 5) is 36.4. The highest BCUT2D eigenvalue weighted by Gasteiger charge is 2.37. The number of thioether (sulfide) groups is 1. The number of imide groups is 1. The normalized spacial score (nSPS) is 18.9. The Hall–Kier alpha value is -0.840. The molecule has 114 valence electrons. The van der Waals surface area contributed by atoms with E-state index in [1.807, 2.05) is 6.26 Å². The average Bonchev–Trinajstić information content (AvgIpc) is 2.71. The van der Waals surface area contributed by atoms with Gasteiger partial charge in [0.15, 0.2) is 0 Å². The van der Waals surface area contributed by atoms with Crippen LogP contribution in [0.4, 0.5) is 0 Å². The predicted molar refractivity (Wildman–Crippen MR) is 81.6 cm³/mol. The van der Waals surface area contributed by atoms with Crippen molar-refractivity contribution in [2.75, 3.05) is 12.8 Å². The van der Waals surface area contributed by atoms with Crippen molar-refractivity contribution in [2.45, 2.75) is 63.5 Å². The second kappa shape index (κ2) is 9.16. The van der Waals surface area contributed by atoms with Crippen molar-refractivity contribution in [3.8, 4) is 0 Å². The van der Waals surface area contributed by atoms with E-state index in [1.54, 1.807) is 0 Å². The Balaban J connectivity index is 2.14. The Labute approximate surface area is 125 Å². The summed E-state index contributed by atoms with van der Waals surface area (Å²) in [5.74, 6) is 0.248. The number of nitrogens with zero attached hydrogens (tertiary/aromatic N) is 1. The number of hydrogen-bond acceptors (Lipinski definition) is 4. The highest BCUT2D eigenvalue weighted by molar-refractivity contribution is 8.00. The molecule has 1 saturated heterocycles. The molecule has 0 aliphatic carbocycles. The average molecular weight is 299 g/mol. The molecule has 0 N–H and O–H groups in total. The molecule has 2 amide bonds. The first-order valence-electron chi connectivity index (χ1n) is 7.48. The molecular formula is C15H25NO3S. The van der Waals surface area contributed by atoms with Gasteiger partial charge >= 0.3 is 0 Å². The van der Waals surface area contributed by atoms with E-state index in [0.717, 1.165) is 32.1 Å². The lowest BCUT2D eigenvalue weighted by Gasteiger charge is -2.14. The fourth-order valence-corrected chi connectivity index (χ4v) is 2.98. The molecule has 0 saturated carbocycles. The largest absolute Gasteiger partial charge is 0.300 e. The zero-order valence-electron chi connectivity index (χ0n) is 12.5. The quantitative estimate of drug-likeness (QED) is 0.460. The van der Waals surface area contributed by atoms with Crippen LogP contribution in [-0.2, 0) is 14.4 Å². The van der Waals surface area contributed by atoms with Gasteiger partial charge in [-0.2, -0.15) is 11.8 Å². The lowest BCUT2D eigenvalue weighted by Crippen LogP contribution is -2.32. The van der Waals surface area contributed by atoms with Gasteiger partial charge in [0.05, 0.1) is 5.25 Å². The predicted octanol–water partition coefficient (Wildman–Crippen LogP) is 2.80. The van der Waals surface area contributed by atoms with Crippen LogP contribution in [0, 0.1) is 0 Å². The Bertz CT molecular complexity index is 357. The Morgan fingerprint density at radius 3 is 2.50 bits per heavy atom. The molecule has 0 aromatic rings. The first-order valence-corrected chi connectivity index (χ1v) is 8.77. The molecule has 0 aromatic carbocycles. The van der Waals surface area contributed by atoms with Crippen molar-refractivity contribution in [2.24, 2.45) is 0 Å².